The van der Waals surface area contributed by atoms with Gasteiger partial charge in [-0.2, -0.15) is 0 Å². The molecule has 9 heteroatoms. The van der Waals surface area contributed by atoms with Crippen molar-refractivity contribution in [1.82, 2.24) is 5.32 Å². The summed E-state index contributed by atoms with van der Waals surface area (Å²) in [5.74, 6) is -5.20. The van der Waals surface area contributed by atoms with Gasteiger partial charge in [0.15, 0.2) is 0 Å². The molecule has 1 amide bonds. The molecule has 1 saturated carbocycles. The SMILES string of the molecule is C.CC.CCC(=O)C1C(OC=O)C(C(=O)NC)C1C(=O)O.[Y].[Y]. The van der Waals surface area contributed by atoms with Crippen LogP contribution in [0, 0.1) is 17.8 Å². The van der Waals surface area contributed by atoms with Crippen LogP contribution < -0.4 is 5.32 Å². The van der Waals surface area contributed by atoms with Crippen LogP contribution in [0.4, 0.5) is 0 Å². The predicted molar refractivity (Wildman–Crippen MR) is 76.5 cm³/mol. The van der Waals surface area contributed by atoms with Gasteiger partial charge in [0.05, 0.1) is 17.8 Å². The van der Waals surface area contributed by atoms with E-state index in [0.717, 1.165) is 0 Å². The summed E-state index contributed by atoms with van der Waals surface area (Å²) < 4.78 is 4.70. The molecule has 0 aromatic carbocycles. The minimum absolute atomic E-state index is 0. The Morgan fingerprint density at radius 3 is 1.91 bits per heavy atom. The van der Waals surface area contributed by atoms with Crippen molar-refractivity contribution in [2.75, 3.05) is 7.05 Å². The number of carboxylic acids is 1. The Morgan fingerprint density at radius 1 is 1.13 bits per heavy atom. The molecular weight excluding hydrogens is 456 g/mol. The molecular formula is C14H25NO6Y2. The fourth-order valence-electron chi connectivity index (χ4n) is 2.35. The maximum absolute atomic E-state index is 11.7. The molecule has 128 valence electrons. The van der Waals surface area contributed by atoms with E-state index < -0.39 is 35.7 Å². The maximum atomic E-state index is 11.7. The van der Waals surface area contributed by atoms with Crippen LogP contribution in [0.2, 0.25) is 0 Å². The molecule has 0 heterocycles. The normalized spacial score (nSPS) is 23.7. The summed E-state index contributed by atoms with van der Waals surface area (Å²) in [5, 5.41) is 11.4. The molecule has 0 aromatic rings. The standard InChI is InChI=1S/C11H15NO6.C2H6.CH4.2Y/c1-3-5(14)6-7(11(16)17)8(10(15)12-2)9(6)18-4-13;1-2;;;/h4,6-9H,3H2,1-2H3,(H,12,15)(H,16,17);1-2H3;1H4;;. The van der Waals surface area contributed by atoms with E-state index in [2.05, 4.69) is 5.32 Å². The van der Waals surface area contributed by atoms with E-state index in [4.69, 9.17) is 9.84 Å². The van der Waals surface area contributed by atoms with Crippen molar-refractivity contribution in [1.29, 1.82) is 0 Å². The number of amides is 1. The van der Waals surface area contributed by atoms with Crippen molar-refractivity contribution in [2.24, 2.45) is 17.8 Å². The topological polar surface area (TPSA) is 110 Å². The van der Waals surface area contributed by atoms with Gasteiger partial charge in [0.1, 0.15) is 11.9 Å². The number of ketones is 1. The molecule has 4 unspecified atom stereocenters. The molecule has 1 fully saturated rings. The van der Waals surface area contributed by atoms with Gasteiger partial charge >= 0.3 is 5.97 Å². The number of carboxylic acid groups (broad SMARTS) is 1. The van der Waals surface area contributed by atoms with E-state index in [1.165, 1.54) is 7.05 Å². The Morgan fingerprint density at radius 2 is 1.61 bits per heavy atom. The van der Waals surface area contributed by atoms with E-state index in [0.29, 0.717) is 0 Å². The van der Waals surface area contributed by atoms with Crippen LogP contribution in [0.5, 0.6) is 0 Å². The zero-order valence-electron chi connectivity index (χ0n) is 13.2. The summed E-state index contributed by atoms with van der Waals surface area (Å²) in [7, 11) is 1.36. The van der Waals surface area contributed by atoms with Crippen molar-refractivity contribution in [3.05, 3.63) is 0 Å². The average molecular weight is 481 g/mol. The van der Waals surface area contributed by atoms with Gasteiger partial charge in [-0.3, -0.25) is 19.2 Å². The molecule has 1 aliphatic rings. The molecule has 0 spiro atoms. The quantitative estimate of drug-likeness (QED) is 0.545. The number of rotatable bonds is 6. The molecule has 7 nitrogen and oxygen atoms in total. The first-order chi connectivity index (χ1) is 9.49. The number of nitrogens with one attached hydrogen (secondary N) is 1. The monoisotopic (exact) mass is 481 g/mol. The van der Waals surface area contributed by atoms with Crippen LogP contribution in [0.3, 0.4) is 0 Å². The summed E-state index contributed by atoms with van der Waals surface area (Å²) in [4.78, 5) is 44.7. The first-order valence-corrected chi connectivity index (χ1v) is 6.55. The smallest absolute Gasteiger partial charge is 0.308 e. The van der Waals surface area contributed by atoms with Crippen LogP contribution in [0.25, 0.3) is 0 Å². The molecule has 1 rings (SSSR count). The van der Waals surface area contributed by atoms with Crippen LogP contribution in [0.1, 0.15) is 34.6 Å². The third-order valence-corrected chi connectivity index (χ3v) is 3.25. The summed E-state index contributed by atoms with van der Waals surface area (Å²) >= 11 is 0. The molecule has 0 bridgehead atoms. The van der Waals surface area contributed by atoms with E-state index in [1.807, 2.05) is 13.8 Å². The van der Waals surface area contributed by atoms with E-state index in [1.54, 1.807) is 6.92 Å². The van der Waals surface area contributed by atoms with Crippen LogP contribution in [0.15, 0.2) is 0 Å². The van der Waals surface area contributed by atoms with Gasteiger partial charge in [0.2, 0.25) is 5.91 Å². The second kappa shape index (κ2) is 15.8. The van der Waals surface area contributed by atoms with Gasteiger partial charge in [-0.15, -0.1) is 0 Å². The first kappa shape index (κ1) is 31.1. The van der Waals surface area contributed by atoms with Gasteiger partial charge in [0, 0.05) is 78.9 Å². The minimum atomic E-state index is -1.24. The number of ether oxygens (including phenoxy) is 1. The third-order valence-electron chi connectivity index (χ3n) is 3.25. The summed E-state index contributed by atoms with van der Waals surface area (Å²) in [6, 6.07) is 0. The summed E-state index contributed by atoms with van der Waals surface area (Å²) in [6.45, 7) is 5.72. The van der Waals surface area contributed by atoms with Crippen LogP contribution in [-0.2, 0) is 89.3 Å². The second-order valence-electron chi connectivity index (χ2n) is 4.05. The number of Topliss-reactive ketones (excluding diaryl/α,β-unsaturated/α-hetero) is 1. The molecule has 4 atom stereocenters. The average Bonchev–Trinajstić information content (AvgIpc) is 2.44. The number of carbonyl (C=O) groups excluding carboxylic acids is 3. The summed E-state index contributed by atoms with van der Waals surface area (Å²) in [5.41, 5.74) is 0. The van der Waals surface area contributed by atoms with Crippen molar-refractivity contribution in [3.8, 4) is 0 Å². The molecule has 0 saturated heterocycles. The van der Waals surface area contributed by atoms with Crippen molar-refractivity contribution >= 4 is 24.1 Å². The number of aliphatic carboxylic acids is 1. The molecule has 0 aromatic heterocycles. The minimum Gasteiger partial charge on any atom is -0.481 e. The molecule has 2 radical (unpaired) electrons. The Hall–Kier alpha value is 0.288. The predicted octanol–water partition coefficient (Wildman–Crippen LogP) is 0.857. The Balaban J connectivity index is -0.000000347. The fraction of sp³-hybridized carbons (Fsp3) is 0.714. The Labute approximate surface area is 187 Å². The molecule has 2 N–H and O–H groups in total. The van der Waals surface area contributed by atoms with Crippen LogP contribution >= 0.6 is 0 Å². The van der Waals surface area contributed by atoms with Crippen molar-refractivity contribution in [2.45, 2.75) is 40.7 Å². The third kappa shape index (κ3) is 7.37. The van der Waals surface area contributed by atoms with Gasteiger partial charge in [-0.05, 0) is 0 Å². The van der Waals surface area contributed by atoms with Gasteiger partial charge in [0.25, 0.3) is 6.47 Å². The zero-order chi connectivity index (χ0) is 15.9. The molecule has 23 heavy (non-hydrogen) atoms. The van der Waals surface area contributed by atoms with Gasteiger partial charge in [-0.25, -0.2) is 0 Å². The Bertz CT molecular complexity index is 367. The maximum Gasteiger partial charge on any atom is 0.308 e. The Kier molecular flexibility index (Phi) is 21.4. The van der Waals surface area contributed by atoms with E-state index in [-0.39, 0.29) is 91.5 Å². The second-order valence-corrected chi connectivity index (χ2v) is 4.05. The number of hydrogen-bond acceptors (Lipinski definition) is 5. The van der Waals surface area contributed by atoms with E-state index >= 15 is 0 Å². The number of hydrogen-bond donors (Lipinski definition) is 2. The van der Waals surface area contributed by atoms with Crippen molar-refractivity contribution < 1.29 is 94.4 Å². The number of carbonyl (C=O) groups is 4. The zero-order valence-corrected chi connectivity index (χ0v) is 18.9. The fourth-order valence-corrected chi connectivity index (χ4v) is 2.35. The first-order valence-electron chi connectivity index (χ1n) is 6.55. The molecule has 1 aliphatic carbocycles. The van der Waals surface area contributed by atoms with Gasteiger partial charge < -0.3 is 15.2 Å². The van der Waals surface area contributed by atoms with E-state index in [9.17, 15) is 19.2 Å². The summed E-state index contributed by atoms with van der Waals surface area (Å²) in [6.07, 6.45) is -0.857. The van der Waals surface area contributed by atoms with Crippen molar-refractivity contribution in [3.63, 3.8) is 0 Å². The molecule has 0 aliphatic heterocycles. The van der Waals surface area contributed by atoms with Crippen LogP contribution in [-0.4, -0.2) is 42.4 Å². The largest absolute Gasteiger partial charge is 0.481 e. The van der Waals surface area contributed by atoms with Gasteiger partial charge in [-0.1, -0.05) is 28.2 Å².